The zero-order valence-electron chi connectivity index (χ0n) is 9.22. The maximum atomic E-state index is 12.9. The summed E-state index contributed by atoms with van der Waals surface area (Å²) in [5.41, 5.74) is 1.21. The zero-order valence-corrected chi connectivity index (χ0v) is 9.22. The van der Waals surface area contributed by atoms with E-state index in [1.165, 1.54) is 22.9 Å². The van der Waals surface area contributed by atoms with Gasteiger partial charge >= 0.3 is 0 Å². The molecule has 0 aliphatic rings. The minimum Gasteiger partial charge on any atom is -0.324 e. The highest BCUT2D eigenvalue weighted by Crippen LogP contribution is 2.09. The van der Waals surface area contributed by atoms with Gasteiger partial charge in [0.25, 0.3) is 0 Å². The molecule has 6 heteroatoms. The number of carbonyl (C=O) groups is 1. The van der Waals surface area contributed by atoms with Crippen LogP contribution in [0.25, 0.3) is 0 Å². The molecule has 0 unspecified atom stereocenters. The van der Waals surface area contributed by atoms with Crippen molar-refractivity contribution in [2.75, 3.05) is 5.32 Å². The van der Waals surface area contributed by atoms with E-state index in [0.717, 1.165) is 5.69 Å². The number of rotatable bonds is 3. The van der Waals surface area contributed by atoms with Crippen molar-refractivity contribution in [3.63, 3.8) is 0 Å². The van der Waals surface area contributed by atoms with Crippen molar-refractivity contribution in [3.05, 3.63) is 42.0 Å². The van der Waals surface area contributed by atoms with Gasteiger partial charge in [-0.15, -0.1) is 5.10 Å². The smallest absolute Gasteiger partial charge is 0.246 e. The second-order valence-corrected chi connectivity index (χ2v) is 3.59. The molecular weight excluding hydrogens is 223 g/mol. The first-order valence-electron chi connectivity index (χ1n) is 5.05. The average molecular weight is 234 g/mol. The molecule has 1 amide bonds. The average Bonchev–Trinajstić information content (AvgIpc) is 2.64. The number of halogens is 1. The minimum absolute atomic E-state index is 0.0579. The van der Waals surface area contributed by atoms with Crippen molar-refractivity contribution in [1.82, 2.24) is 15.0 Å². The molecular formula is C11H11FN4O. The van der Waals surface area contributed by atoms with Crippen LogP contribution in [0.3, 0.4) is 0 Å². The van der Waals surface area contributed by atoms with Crippen LogP contribution < -0.4 is 5.32 Å². The summed E-state index contributed by atoms with van der Waals surface area (Å²) in [7, 11) is 0. The number of nitrogens with zero attached hydrogens (tertiary/aromatic N) is 3. The Hall–Kier alpha value is -2.24. The van der Waals surface area contributed by atoms with Gasteiger partial charge in [0.15, 0.2) is 0 Å². The third-order valence-corrected chi connectivity index (χ3v) is 2.21. The summed E-state index contributed by atoms with van der Waals surface area (Å²) in [6.07, 6.45) is 1.56. The molecule has 5 nitrogen and oxygen atoms in total. The van der Waals surface area contributed by atoms with Crippen molar-refractivity contribution in [2.24, 2.45) is 0 Å². The van der Waals surface area contributed by atoms with E-state index in [1.54, 1.807) is 19.2 Å². The van der Waals surface area contributed by atoms with Crippen molar-refractivity contribution < 1.29 is 9.18 Å². The van der Waals surface area contributed by atoms with E-state index in [4.69, 9.17) is 0 Å². The van der Waals surface area contributed by atoms with E-state index < -0.39 is 0 Å². The molecule has 0 aliphatic heterocycles. The van der Waals surface area contributed by atoms with Gasteiger partial charge in [-0.25, -0.2) is 9.07 Å². The van der Waals surface area contributed by atoms with Gasteiger partial charge in [-0.2, -0.15) is 0 Å². The lowest BCUT2D eigenvalue weighted by molar-refractivity contribution is -0.117. The molecule has 0 saturated carbocycles. The molecule has 0 radical (unpaired) electrons. The molecule has 0 atom stereocenters. The van der Waals surface area contributed by atoms with Gasteiger partial charge < -0.3 is 5.32 Å². The molecule has 0 aliphatic carbocycles. The number of aryl methyl sites for hydroxylation is 1. The number of aromatic nitrogens is 3. The number of hydrogen-bond donors (Lipinski definition) is 1. The lowest BCUT2D eigenvalue weighted by atomic mass is 10.3. The van der Waals surface area contributed by atoms with E-state index in [2.05, 4.69) is 15.6 Å². The summed E-state index contributed by atoms with van der Waals surface area (Å²) in [4.78, 5) is 11.6. The molecule has 1 heterocycles. The van der Waals surface area contributed by atoms with Gasteiger partial charge in [-0.05, 0) is 25.1 Å². The molecule has 0 spiro atoms. The first-order valence-corrected chi connectivity index (χ1v) is 5.05. The van der Waals surface area contributed by atoms with E-state index in [0.29, 0.717) is 5.69 Å². The molecule has 88 valence electrons. The first-order chi connectivity index (χ1) is 8.15. The van der Waals surface area contributed by atoms with Gasteiger partial charge in [0, 0.05) is 5.69 Å². The van der Waals surface area contributed by atoms with Crippen LogP contribution in [0.1, 0.15) is 5.69 Å². The fourth-order valence-electron chi connectivity index (χ4n) is 1.37. The minimum atomic E-state index is -0.389. The van der Waals surface area contributed by atoms with Crippen LogP contribution in [0.2, 0.25) is 0 Å². The summed E-state index contributed by atoms with van der Waals surface area (Å²) in [6, 6.07) is 5.73. The maximum Gasteiger partial charge on any atom is 0.246 e. The Labute approximate surface area is 97.3 Å². The van der Waals surface area contributed by atoms with Gasteiger partial charge in [-0.3, -0.25) is 4.79 Å². The molecule has 0 bridgehead atoms. The molecule has 0 fully saturated rings. The van der Waals surface area contributed by atoms with Crippen LogP contribution in [0.4, 0.5) is 10.1 Å². The molecule has 1 aromatic carbocycles. The van der Waals surface area contributed by atoms with E-state index >= 15 is 0 Å². The highest BCUT2D eigenvalue weighted by atomic mass is 19.1. The second kappa shape index (κ2) is 4.73. The Morgan fingerprint density at radius 2 is 2.35 bits per heavy atom. The van der Waals surface area contributed by atoms with Gasteiger partial charge in [-0.1, -0.05) is 11.3 Å². The van der Waals surface area contributed by atoms with Crippen molar-refractivity contribution in [2.45, 2.75) is 13.5 Å². The summed E-state index contributed by atoms with van der Waals surface area (Å²) in [5, 5.41) is 10.00. The molecule has 1 aromatic heterocycles. The van der Waals surface area contributed by atoms with Gasteiger partial charge in [0.1, 0.15) is 12.4 Å². The Morgan fingerprint density at radius 3 is 3.00 bits per heavy atom. The van der Waals surface area contributed by atoms with E-state index in [1.807, 2.05) is 0 Å². The maximum absolute atomic E-state index is 12.9. The van der Waals surface area contributed by atoms with Gasteiger partial charge in [0.2, 0.25) is 5.91 Å². The number of anilines is 1. The Bertz CT molecular complexity index is 538. The summed E-state index contributed by atoms with van der Waals surface area (Å²) in [6.45, 7) is 1.86. The van der Waals surface area contributed by atoms with Crippen LogP contribution in [0, 0.1) is 12.7 Å². The molecule has 17 heavy (non-hydrogen) atoms. The fourth-order valence-corrected chi connectivity index (χ4v) is 1.37. The second-order valence-electron chi connectivity index (χ2n) is 3.59. The standard InChI is InChI=1S/C11H11FN4O/c1-8-6-13-15-16(8)7-11(17)14-10-4-2-3-9(12)5-10/h2-6H,7H2,1H3,(H,14,17). The lowest BCUT2D eigenvalue weighted by Gasteiger charge is -2.05. The largest absolute Gasteiger partial charge is 0.324 e. The normalized spacial score (nSPS) is 10.2. The summed E-state index contributed by atoms with van der Waals surface area (Å²) in [5.74, 6) is -0.663. The highest BCUT2D eigenvalue weighted by molar-refractivity contribution is 5.90. The summed E-state index contributed by atoms with van der Waals surface area (Å²) < 4.78 is 14.3. The van der Waals surface area contributed by atoms with Crippen LogP contribution >= 0.6 is 0 Å². The Kier molecular flexibility index (Phi) is 3.13. The molecule has 2 rings (SSSR count). The first kappa shape index (κ1) is 11.3. The van der Waals surface area contributed by atoms with Crippen LogP contribution in [0.5, 0.6) is 0 Å². The van der Waals surface area contributed by atoms with E-state index in [-0.39, 0.29) is 18.3 Å². The molecule has 0 saturated heterocycles. The van der Waals surface area contributed by atoms with Gasteiger partial charge in [0.05, 0.1) is 11.9 Å². The predicted molar refractivity (Wildman–Crippen MR) is 59.8 cm³/mol. The molecule has 2 aromatic rings. The monoisotopic (exact) mass is 234 g/mol. The number of amides is 1. The highest BCUT2D eigenvalue weighted by Gasteiger charge is 2.06. The predicted octanol–water partition coefficient (Wildman–Crippen LogP) is 1.36. The van der Waals surface area contributed by atoms with Crippen LogP contribution in [-0.4, -0.2) is 20.9 Å². The van der Waals surface area contributed by atoms with Crippen LogP contribution in [0.15, 0.2) is 30.5 Å². The Morgan fingerprint density at radius 1 is 1.53 bits per heavy atom. The quantitative estimate of drug-likeness (QED) is 0.872. The lowest BCUT2D eigenvalue weighted by Crippen LogP contribution is -2.20. The SMILES string of the molecule is Cc1cnnn1CC(=O)Nc1cccc(F)c1. The fraction of sp³-hybridized carbons (Fsp3) is 0.182. The van der Waals surface area contributed by atoms with Crippen LogP contribution in [-0.2, 0) is 11.3 Å². The van der Waals surface area contributed by atoms with Crippen molar-refractivity contribution in [1.29, 1.82) is 0 Å². The van der Waals surface area contributed by atoms with Crippen molar-refractivity contribution >= 4 is 11.6 Å². The Balaban J connectivity index is 2.01. The van der Waals surface area contributed by atoms with Crippen molar-refractivity contribution in [3.8, 4) is 0 Å². The third-order valence-electron chi connectivity index (χ3n) is 2.21. The molecule has 1 N–H and O–H groups in total. The summed E-state index contributed by atoms with van der Waals surface area (Å²) >= 11 is 0. The van der Waals surface area contributed by atoms with E-state index in [9.17, 15) is 9.18 Å². The number of carbonyl (C=O) groups excluding carboxylic acids is 1. The number of benzene rings is 1. The topological polar surface area (TPSA) is 59.8 Å². The number of hydrogen-bond acceptors (Lipinski definition) is 3. The zero-order chi connectivity index (χ0) is 12.3. The number of nitrogens with one attached hydrogen (secondary N) is 1. The third kappa shape index (κ3) is 2.87.